The quantitative estimate of drug-likeness (QED) is 0.579. The number of hydrogen-bond donors (Lipinski definition) is 0. The summed E-state index contributed by atoms with van der Waals surface area (Å²) in [7, 11) is 0. The lowest BCUT2D eigenvalue weighted by atomic mass is 10.0. The maximum Gasteiger partial charge on any atom is 0.265 e. The number of carbonyl (C=O) groups excluding carboxylic acids is 2. The zero-order valence-electron chi connectivity index (χ0n) is 15.6. The minimum atomic E-state index is -0.428. The molecule has 2 aromatic carbocycles. The molecule has 0 radical (unpaired) electrons. The molecule has 2 aliphatic heterocycles. The number of amides is 2. The number of hydrogen-bond acceptors (Lipinski definition) is 4. The van der Waals surface area contributed by atoms with Crippen LogP contribution in [0.5, 0.6) is 0 Å². The maximum atomic E-state index is 13.3. The molecule has 0 unspecified atom stereocenters. The Morgan fingerprint density at radius 2 is 1.79 bits per heavy atom. The van der Waals surface area contributed by atoms with Gasteiger partial charge in [-0.3, -0.25) is 9.59 Å². The first-order valence-corrected chi connectivity index (χ1v) is 9.65. The number of rotatable bonds is 3. The van der Waals surface area contributed by atoms with Gasteiger partial charge in [-0.05, 0) is 23.8 Å². The van der Waals surface area contributed by atoms with Crippen molar-refractivity contribution in [2.45, 2.75) is 6.54 Å². The molecular formula is C22H18ClN3O3. The van der Waals surface area contributed by atoms with Crippen molar-refractivity contribution in [2.75, 3.05) is 31.2 Å². The Balaban J connectivity index is 1.74. The first-order valence-electron chi connectivity index (χ1n) is 9.27. The van der Waals surface area contributed by atoms with Crippen molar-refractivity contribution in [1.82, 2.24) is 4.90 Å². The van der Waals surface area contributed by atoms with Gasteiger partial charge in [-0.2, -0.15) is 5.26 Å². The Kier molecular flexibility index (Phi) is 5.34. The number of para-hydroxylation sites is 1. The van der Waals surface area contributed by atoms with E-state index in [9.17, 15) is 14.9 Å². The molecule has 146 valence electrons. The van der Waals surface area contributed by atoms with E-state index in [0.29, 0.717) is 49.1 Å². The van der Waals surface area contributed by atoms with Crippen molar-refractivity contribution >= 4 is 34.7 Å². The predicted molar refractivity (Wildman–Crippen MR) is 109 cm³/mol. The monoisotopic (exact) mass is 407 g/mol. The largest absolute Gasteiger partial charge is 0.378 e. The molecule has 7 heteroatoms. The first-order chi connectivity index (χ1) is 14.1. The molecule has 2 aromatic rings. The van der Waals surface area contributed by atoms with Crippen LogP contribution in [-0.2, 0) is 20.9 Å². The van der Waals surface area contributed by atoms with Crippen molar-refractivity contribution in [1.29, 1.82) is 5.26 Å². The van der Waals surface area contributed by atoms with Gasteiger partial charge in [0.05, 0.1) is 31.0 Å². The van der Waals surface area contributed by atoms with E-state index < -0.39 is 5.91 Å². The maximum absolute atomic E-state index is 13.3. The third-order valence-corrected chi connectivity index (χ3v) is 5.30. The van der Waals surface area contributed by atoms with E-state index in [1.54, 1.807) is 34.1 Å². The van der Waals surface area contributed by atoms with Crippen LogP contribution in [0.2, 0.25) is 5.02 Å². The molecule has 29 heavy (non-hydrogen) atoms. The normalized spacial score (nSPS) is 17.7. The minimum Gasteiger partial charge on any atom is -0.378 e. The lowest BCUT2D eigenvalue weighted by Crippen LogP contribution is -2.41. The van der Waals surface area contributed by atoms with E-state index in [1.807, 2.05) is 30.3 Å². The number of halogens is 1. The second kappa shape index (κ2) is 8.08. The van der Waals surface area contributed by atoms with Crippen molar-refractivity contribution in [3.05, 3.63) is 70.3 Å². The molecule has 0 aromatic heterocycles. The fourth-order valence-electron chi connectivity index (χ4n) is 3.59. The van der Waals surface area contributed by atoms with Gasteiger partial charge in [0.2, 0.25) is 0 Å². The van der Waals surface area contributed by atoms with E-state index in [1.165, 1.54) is 0 Å². The van der Waals surface area contributed by atoms with E-state index in [2.05, 4.69) is 0 Å². The Labute approximate surface area is 173 Å². The molecule has 0 saturated carbocycles. The third kappa shape index (κ3) is 3.63. The highest BCUT2D eigenvalue weighted by atomic mass is 35.5. The molecule has 2 aliphatic rings. The fourth-order valence-corrected chi connectivity index (χ4v) is 3.71. The van der Waals surface area contributed by atoms with Crippen LogP contribution in [0.15, 0.2) is 54.1 Å². The molecule has 0 aliphatic carbocycles. The lowest BCUT2D eigenvalue weighted by Gasteiger charge is -2.26. The lowest BCUT2D eigenvalue weighted by molar-refractivity contribution is -0.130. The molecule has 0 bridgehead atoms. The number of nitriles is 1. The van der Waals surface area contributed by atoms with Gasteiger partial charge in [0, 0.05) is 23.7 Å². The van der Waals surface area contributed by atoms with E-state index in [4.69, 9.17) is 16.3 Å². The Hall–Kier alpha value is -3.14. The molecule has 0 N–H and O–H groups in total. The molecule has 1 saturated heterocycles. The number of anilines is 1. The second-order valence-electron chi connectivity index (χ2n) is 6.80. The number of nitrogens with zero attached hydrogens (tertiary/aromatic N) is 3. The summed E-state index contributed by atoms with van der Waals surface area (Å²) in [4.78, 5) is 29.5. The highest BCUT2D eigenvalue weighted by Gasteiger charge is 2.37. The van der Waals surface area contributed by atoms with Crippen LogP contribution >= 0.6 is 11.6 Å². The van der Waals surface area contributed by atoms with Gasteiger partial charge in [-0.25, -0.2) is 0 Å². The van der Waals surface area contributed by atoms with Gasteiger partial charge >= 0.3 is 0 Å². The minimum absolute atomic E-state index is 0.122. The van der Waals surface area contributed by atoms with Crippen LogP contribution in [0.25, 0.3) is 5.57 Å². The van der Waals surface area contributed by atoms with Gasteiger partial charge in [0.15, 0.2) is 0 Å². The zero-order chi connectivity index (χ0) is 20.4. The molecule has 0 spiro atoms. The SMILES string of the molecule is N#CC(C(=O)N1CCOCC1)=C1C(=O)N(Cc2ccc(Cl)cc2)c2ccccc21. The van der Waals surface area contributed by atoms with Gasteiger partial charge in [0.1, 0.15) is 11.6 Å². The van der Waals surface area contributed by atoms with E-state index >= 15 is 0 Å². The number of ether oxygens (including phenoxy) is 1. The standard InChI is InChI=1S/C22H18ClN3O3/c23-16-7-5-15(6-8-16)14-26-19-4-2-1-3-17(19)20(22(26)28)18(13-24)21(27)25-9-11-29-12-10-25/h1-8H,9-12,14H2. The summed E-state index contributed by atoms with van der Waals surface area (Å²) >= 11 is 5.96. The summed E-state index contributed by atoms with van der Waals surface area (Å²) in [5, 5.41) is 10.4. The average molecular weight is 408 g/mol. The zero-order valence-corrected chi connectivity index (χ0v) is 16.4. The molecule has 1 fully saturated rings. The molecular weight excluding hydrogens is 390 g/mol. The Bertz CT molecular complexity index is 1030. The van der Waals surface area contributed by atoms with E-state index in [0.717, 1.165) is 5.56 Å². The highest BCUT2D eigenvalue weighted by Crippen LogP contribution is 2.39. The highest BCUT2D eigenvalue weighted by molar-refractivity contribution is 6.37. The van der Waals surface area contributed by atoms with Crippen molar-refractivity contribution in [3.63, 3.8) is 0 Å². The third-order valence-electron chi connectivity index (χ3n) is 5.05. The summed E-state index contributed by atoms with van der Waals surface area (Å²) in [6.07, 6.45) is 0. The molecule has 2 heterocycles. The smallest absolute Gasteiger partial charge is 0.265 e. The topological polar surface area (TPSA) is 73.6 Å². The summed E-state index contributed by atoms with van der Waals surface area (Å²) < 4.78 is 5.28. The van der Waals surface area contributed by atoms with Crippen molar-refractivity contribution in [3.8, 4) is 6.07 Å². The van der Waals surface area contributed by atoms with Gasteiger partial charge in [0.25, 0.3) is 11.8 Å². The van der Waals surface area contributed by atoms with E-state index in [-0.39, 0.29) is 17.1 Å². The first kappa shape index (κ1) is 19.2. The average Bonchev–Trinajstić information content (AvgIpc) is 3.03. The second-order valence-corrected chi connectivity index (χ2v) is 7.24. The predicted octanol–water partition coefficient (Wildman–Crippen LogP) is 3.02. The molecule has 2 amide bonds. The molecule has 4 rings (SSSR count). The van der Waals surface area contributed by atoms with Crippen LogP contribution in [0.4, 0.5) is 5.69 Å². The Morgan fingerprint density at radius 1 is 1.10 bits per heavy atom. The van der Waals surface area contributed by atoms with Gasteiger partial charge in [-0.1, -0.05) is 41.9 Å². The molecule has 0 atom stereocenters. The fraction of sp³-hybridized carbons (Fsp3) is 0.227. The van der Waals surface area contributed by atoms with Crippen LogP contribution in [0, 0.1) is 11.3 Å². The number of carbonyl (C=O) groups is 2. The summed E-state index contributed by atoms with van der Waals surface area (Å²) in [6, 6.07) is 16.4. The van der Waals surface area contributed by atoms with Crippen LogP contribution in [0.3, 0.4) is 0 Å². The Morgan fingerprint density at radius 3 is 2.48 bits per heavy atom. The van der Waals surface area contributed by atoms with Crippen molar-refractivity contribution < 1.29 is 14.3 Å². The number of fused-ring (bicyclic) bond motifs is 1. The molecule has 6 nitrogen and oxygen atoms in total. The summed E-state index contributed by atoms with van der Waals surface area (Å²) in [5.41, 5.74) is 2.22. The van der Waals surface area contributed by atoms with Crippen LogP contribution in [0.1, 0.15) is 11.1 Å². The summed E-state index contributed by atoms with van der Waals surface area (Å²) in [6.45, 7) is 1.98. The van der Waals surface area contributed by atoms with Gasteiger partial charge < -0.3 is 14.5 Å². The van der Waals surface area contributed by atoms with Gasteiger partial charge in [-0.15, -0.1) is 0 Å². The van der Waals surface area contributed by atoms with Crippen molar-refractivity contribution in [2.24, 2.45) is 0 Å². The number of morpholine rings is 1. The summed E-state index contributed by atoms with van der Waals surface area (Å²) in [5.74, 6) is -0.776. The van der Waals surface area contributed by atoms with Crippen LogP contribution < -0.4 is 4.90 Å². The number of benzene rings is 2. The van der Waals surface area contributed by atoms with Crippen LogP contribution in [-0.4, -0.2) is 43.0 Å².